The Morgan fingerprint density at radius 2 is 2.16 bits per heavy atom. The highest BCUT2D eigenvalue weighted by Gasteiger charge is 2.14. The Morgan fingerprint density at radius 3 is 2.79 bits per heavy atom. The molecule has 0 radical (unpaired) electrons. The van der Waals surface area contributed by atoms with Gasteiger partial charge in [0.25, 0.3) is 0 Å². The van der Waals surface area contributed by atoms with E-state index < -0.39 is 0 Å². The molecule has 0 saturated carbocycles. The van der Waals surface area contributed by atoms with Gasteiger partial charge in [-0.3, -0.25) is 4.79 Å². The molecule has 0 fully saturated rings. The molecule has 0 spiro atoms. The molecule has 1 rings (SSSR count). The van der Waals surface area contributed by atoms with Crippen molar-refractivity contribution in [1.29, 1.82) is 0 Å². The molecule has 0 bridgehead atoms. The SMILES string of the molecule is CCCCNC(=O)C(C)Nc1cc(Cl)c(C)cc1Br. The fourth-order valence-electron chi connectivity index (χ4n) is 1.60. The van der Waals surface area contributed by atoms with E-state index in [0.29, 0.717) is 5.02 Å². The van der Waals surface area contributed by atoms with Crippen LogP contribution in [0.25, 0.3) is 0 Å². The van der Waals surface area contributed by atoms with Crippen LogP contribution in [0.5, 0.6) is 0 Å². The number of carbonyl (C=O) groups is 1. The van der Waals surface area contributed by atoms with Crippen LogP contribution in [0.4, 0.5) is 5.69 Å². The first-order valence-electron chi connectivity index (χ1n) is 6.45. The van der Waals surface area contributed by atoms with Crippen LogP contribution < -0.4 is 10.6 Å². The molecular formula is C14H20BrClN2O. The van der Waals surface area contributed by atoms with Gasteiger partial charge in [-0.2, -0.15) is 0 Å². The molecule has 1 atom stereocenters. The molecule has 1 aromatic rings. The molecule has 1 amide bonds. The lowest BCUT2D eigenvalue weighted by atomic mass is 10.2. The summed E-state index contributed by atoms with van der Waals surface area (Å²) >= 11 is 9.56. The number of unbranched alkanes of at least 4 members (excludes halogenated alkanes) is 1. The van der Waals surface area contributed by atoms with E-state index in [1.165, 1.54) is 0 Å². The van der Waals surface area contributed by atoms with Crippen molar-refractivity contribution in [2.75, 3.05) is 11.9 Å². The molecule has 106 valence electrons. The average molecular weight is 348 g/mol. The minimum absolute atomic E-state index is 0.00273. The van der Waals surface area contributed by atoms with Gasteiger partial charge in [-0.05, 0) is 53.9 Å². The zero-order valence-corrected chi connectivity index (χ0v) is 13.9. The largest absolute Gasteiger partial charge is 0.373 e. The van der Waals surface area contributed by atoms with Crippen LogP contribution in [-0.2, 0) is 4.79 Å². The van der Waals surface area contributed by atoms with Crippen molar-refractivity contribution in [2.45, 2.75) is 39.7 Å². The maximum atomic E-state index is 11.9. The van der Waals surface area contributed by atoms with Gasteiger partial charge in [0.1, 0.15) is 6.04 Å². The number of hydrogen-bond acceptors (Lipinski definition) is 2. The summed E-state index contributed by atoms with van der Waals surface area (Å²) in [5.74, 6) is -0.00273. The molecule has 2 N–H and O–H groups in total. The van der Waals surface area contributed by atoms with Crippen LogP contribution >= 0.6 is 27.5 Å². The Hall–Kier alpha value is -0.740. The lowest BCUT2D eigenvalue weighted by molar-refractivity contribution is -0.121. The predicted octanol–water partition coefficient (Wildman–Crippen LogP) is 4.13. The first-order valence-corrected chi connectivity index (χ1v) is 7.62. The van der Waals surface area contributed by atoms with E-state index in [2.05, 4.69) is 33.5 Å². The third-order valence-electron chi connectivity index (χ3n) is 2.84. The molecule has 0 aliphatic heterocycles. The van der Waals surface area contributed by atoms with E-state index in [0.717, 1.165) is 35.1 Å². The highest BCUT2D eigenvalue weighted by atomic mass is 79.9. The first kappa shape index (κ1) is 16.3. The standard InChI is InChI=1S/C14H20BrClN2O/c1-4-5-6-17-14(19)10(3)18-13-8-12(16)9(2)7-11(13)15/h7-8,10,18H,4-6H2,1-3H3,(H,17,19). The van der Waals surface area contributed by atoms with Gasteiger partial charge in [0.15, 0.2) is 0 Å². The van der Waals surface area contributed by atoms with Crippen LogP contribution in [-0.4, -0.2) is 18.5 Å². The molecule has 3 nitrogen and oxygen atoms in total. The minimum Gasteiger partial charge on any atom is -0.373 e. The molecule has 0 aliphatic carbocycles. The fraction of sp³-hybridized carbons (Fsp3) is 0.500. The van der Waals surface area contributed by atoms with Gasteiger partial charge < -0.3 is 10.6 Å². The Bertz CT molecular complexity index is 451. The second-order valence-corrected chi connectivity index (χ2v) is 5.85. The molecule has 0 heterocycles. The molecular weight excluding hydrogens is 328 g/mol. The van der Waals surface area contributed by atoms with Crippen molar-refractivity contribution in [3.05, 3.63) is 27.2 Å². The summed E-state index contributed by atoms with van der Waals surface area (Å²) in [6.07, 6.45) is 2.07. The minimum atomic E-state index is -0.299. The quantitative estimate of drug-likeness (QED) is 0.760. The maximum absolute atomic E-state index is 11.9. The van der Waals surface area contributed by atoms with E-state index >= 15 is 0 Å². The summed E-state index contributed by atoms with van der Waals surface area (Å²) in [5, 5.41) is 6.75. The highest BCUT2D eigenvalue weighted by Crippen LogP contribution is 2.29. The Labute approximate surface area is 128 Å². The molecule has 0 aliphatic rings. The third-order valence-corrected chi connectivity index (χ3v) is 3.91. The van der Waals surface area contributed by atoms with Gasteiger partial charge in [-0.1, -0.05) is 24.9 Å². The molecule has 0 saturated heterocycles. The van der Waals surface area contributed by atoms with E-state index in [1.54, 1.807) is 0 Å². The van der Waals surface area contributed by atoms with Gasteiger partial charge in [-0.25, -0.2) is 0 Å². The van der Waals surface area contributed by atoms with Crippen molar-refractivity contribution >= 4 is 39.1 Å². The smallest absolute Gasteiger partial charge is 0.242 e. The topological polar surface area (TPSA) is 41.1 Å². The lowest BCUT2D eigenvalue weighted by Crippen LogP contribution is -2.38. The van der Waals surface area contributed by atoms with E-state index in [1.807, 2.05) is 26.0 Å². The molecule has 1 unspecified atom stereocenters. The number of amides is 1. The zero-order chi connectivity index (χ0) is 14.4. The number of nitrogens with one attached hydrogen (secondary N) is 2. The van der Waals surface area contributed by atoms with E-state index in [9.17, 15) is 4.79 Å². The number of hydrogen-bond donors (Lipinski definition) is 2. The number of halogens is 2. The van der Waals surface area contributed by atoms with Crippen molar-refractivity contribution in [3.63, 3.8) is 0 Å². The molecule has 5 heteroatoms. The van der Waals surface area contributed by atoms with Crippen LogP contribution in [0.15, 0.2) is 16.6 Å². The van der Waals surface area contributed by atoms with Gasteiger partial charge in [0.2, 0.25) is 5.91 Å². The Morgan fingerprint density at radius 1 is 1.47 bits per heavy atom. The summed E-state index contributed by atoms with van der Waals surface area (Å²) in [4.78, 5) is 11.9. The Balaban J connectivity index is 2.63. The van der Waals surface area contributed by atoms with E-state index in [4.69, 9.17) is 11.6 Å². The van der Waals surface area contributed by atoms with Gasteiger partial charge in [-0.15, -0.1) is 0 Å². The summed E-state index contributed by atoms with van der Waals surface area (Å²) in [6, 6.07) is 3.47. The third kappa shape index (κ3) is 5.03. The fourth-order valence-corrected chi connectivity index (χ4v) is 2.33. The van der Waals surface area contributed by atoms with Crippen LogP contribution in [0.2, 0.25) is 5.02 Å². The summed E-state index contributed by atoms with van der Waals surface area (Å²) in [5.41, 5.74) is 1.83. The highest BCUT2D eigenvalue weighted by molar-refractivity contribution is 9.10. The number of aryl methyl sites for hydroxylation is 1. The number of anilines is 1. The van der Waals surface area contributed by atoms with Crippen LogP contribution in [0.1, 0.15) is 32.3 Å². The van der Waals surface area contributed by atoms with Crippen molar-refractivity contribution in [2.24, 2.45) is 0 Å². The first-order chi connectivity index (χ1) is 8.95. The van der Waals surface area contributed by atoms with Crippen LogP contribution in [0, 0.1) is 6.92 Å². The normalized spacial score (nSPS) is 12.1. The monoisotopic (exact) mass is 346 g/mol. The summed E-state index contributed by atoms with van der Waals surface area (Å²) in [7, 11) is 0. The molecule has 1 aromatic carbocycles. The Kier molecular flexibility index (Phi) is 6.66. The van der Waals surface area contributed by atoms with Gasteiger partial charge in [0.05, 0.1) is 5.69 Å². The van der Waals surface area contributed by atoms with Crippen molar-refractivity contribution in [3.8, 4) is 0 Å². The van der Waals surface area contributed by atoms with Crippen molar-refractivity contribution in [1.82, 2.24) is 5.32 Å². The van der Waals surface area contributed by atoms with E-state index in [-0.39, 0.29) is 11.9 Å². The van der Waals surface area contributed by atoms with Gasteiger partial charge in [0, 0.05) is 16.0 Å². The number of carbonyl (C=O) groups excluding carboxylic acids is 1. The summed E-state index contributed by atoms with van der Waals surface area (Å²) < 4.78 is 0.905. The maximum Gasteiger partial charge on any atom is 0.242 e. The number of benzene rings is 1. The number of rotatable bonds is 6. The van der Waals surface area contributed by atoms with Crippen LogP contribution in [0.3, 0.4) is 0 Å². The second kappa shape index (κ2) is 7.75. The lowest BCUT2D eigenvalue weighted by Gasteiger charge is -2.17. The predicted molar refractivity (Wildman–Crippen MR) is 84.9 cm³/mol. The average Bonchev–Trinajstić information content (AvgIpc) is 2.36. The molecule has 0 aromatic heterocycles. The van der Waals surface area contributed by atoms with Crippen molar-refractivity contribution < 1.29 is 4.79 Å². The van der Waals surface area contributed by atoms with Gasteiger partial charge >= 0.3 is 0 Å². The molecule has 19 heavy (non-hydrogen) atoms. The summed E-state index contributed by atoms with van der Waals surface area (Å²) in [6.45, 7) is 6.59. The zero-order valence-electron chi connectivity index (χ0n) is 11.5. The second-order valence-electron chi connectivity index (χ2n) is 4.59.